The third-order valence-electron chi connectivity index (χ3n) is 2.15. The van der Waals surface area contributed by atoms with Gasteiger partial charge in [0.15, 0.2) is 0 Å². The average molecular weight is 258 g/mol. The van der Waals surface area contributed by atoms with Crippen molar-refractivity contribution in [2.24, 2.45) is 0 Å². The van der Waals surface area contributed by atoms with E-state index in [1.165, 1.54) is 12.1 Å². The Balaban J connectivity index is 2.55. The highest BCUT2D eigenvalue weighted by Crippen LogP contribution is 2.26. The van der Waals surface area contributed by atoms with E-state index in [1.807, 2.05) is 0 Å². The summed E-state index contributed by atoms with van der Waals surface area (Å²) in [5, 5.41) is 0. The lowest BCUT2D eigenvalue weighted by atomic mass is 10.1. The second-order valence-electron chi connectivity index (χ2n) is 3.48. The molecule has 0 saturated carbocycles. The van der Waals surface area contributed by atoms with E-state index in [0.29, 0.717) is 0 Å². The Morgan fingerprint density at radius 3 is 2.28 bits per heavy atom. The van der Waals surface area contributed by atoms with Gasteiger partial charge in [0.25, 0.3) is 5.56 Å². The standard InChI is InChI=1S/C11H6F4N2O/c12-7-3-1-6(2-4-7)8-5-9(18)17-10(16-8)11(13,14)15/h1-5H,(H,16,17,18). The number of halogens is 4. The Morgan fingerprint density at radius 2 is 1.72 bits per heavy atom. The second kappa shape index (κ2) is 4.25. The first kappa shape index (κ1) is 12.3. The van der Waals surface area contributed by atoms with Gasteiger partial charge < -0.3 is 4.98 Å². The number of nitrogens with one attached hydrogen (secondary N) is 1. The lowest BCUT2D eigenvalue weighted by Gasteiger charge is -2.07. The molecule has 1 N–H and O–H groups in total. The Hall–Kier alpha value is -2.18. The Bertz CT molecular complexity index is 616. The monoisotopic (exact) mass is 258 g/mol. The van der Waals surface area contributed by atoms with Gasteiger partial charge in [0.2, 0.25) is 5.82 Å². The molecule has 1 aromatic heterocycles. The van der Waals surface area contributed by atoms with Gasteiger partial charge in [0.1, 0.15) is 5.82 Å². The smallest absolute Gasteiger partial charge is 0.303 e. The quantitative estimate of drug-likeness (QED) is 0.799. The summed E-state index contributed by atoms with van der Waals surface area (Å²) in [5.41, 5.74) is -0.851. The largest absolute Gasteiger partial charge is 0.449 e. The van der Waals surface area contributed by atoms with E-state index in [9.17, 15) is 22.4 Å². The van der Waals surface area contributed by atoms with E-state index in [-0.39, 0.29) is 11.3 Å². The van der Waals surface area contributed by atoms with Crippen LogP contribution in [0.1, 0.15) is 5.82 Å². The van der Waals surface area contributed by atoms with Crippen LogP contribution in [-0.4, -0.2) is 9.97 Å². The first-order chi connectivity index (χ1) is 8.36. The minimum absolute atomic E-state index is 0.161. The summed E-state index contributed by atoms with van der Waals surface area (Å²) >= 11 is 0. The molecule has 0 aliphatic rings. The lowest BCUT2D eigenvalue weighted by molar-refractivity contribution is -0.145. The molecule has 1 aromatic carbocycles. The predicted molar refractivity (Wildman–Crippen MR) is 55.3 cm³/mol. The van der Waals surface area contributed by atoms with Crippen molar-refractivity contribution in [1.82, 2.24) is 9.97 Å². The van der Waals surface area contributed by atoms with E-state index in [4.69, 9.17) is 0 Å². The van der Waals surface area contributed by atoms with E-state index < -0.39 is 23.4 Å². The van der Waals surface area contributed by atoms with E-state index in [1.54, 1.807) is 4.98 Å². The van der Waals surface area contributed by atoms with Crippen molar-refractivity contribution >= 4 is 0 Å². The van der Waals surface area contributed by atoms with Crippen LogP contribution in [0, 0.1) is 5.82 Å². The average Bonchev–Trinajstić information content (AvgIpc) is 2.28. The molecule has 3 nitrogen and oxygen atoms in total. The van der Waals surface area contributed by atoms with Gasteiger partial charge in [-0.1, -0.05) is 0 Å². The topological polar surface area (TPSA) is 45.8 Å². The maximum Gasteiger partial charge on any atom is 0.449 e. The van der Waals surface area contributed by atoms with Crippen LogP contribution in [0.4, 0.5) is 17.6 Å². The molecule has 0 bridgehead atoms. The second-order valence-corrected chi connectivity index (χ2v) is 3.48. The van der Waals surface area contributed by atoms with Gasteiger partial charge in [-0.05, 0) is 24.3 Å². The highest BCUT2D eigenvalue weighted by Gasteiger charge is 2.34. The third-order valence-corrected chi connectivity index (χ3v) is 2.15. The molecule has 0 amide bonds. The summed E-state index contributed by atoms with van der Waals surface area (Å²) in [5.74, 6) is -1.91. The Labute approximate surface area is 98.1 Å². The number of rotatable bonds is 1. The molecule has 1 heterocycles. The minimum Gasteiger partial charge on any atom is -0.303 e. The SMILES string of the molecule is O=c1cc(-c2ccc(F)cc2)nc(C(F)(F)F)[nH]1. The van der Waals surface area contributed by atoms with E-state index in [0.717, 1.165) is 18.2 Å². The number of hydrogen-bond acceptors (Lipinski definition) is 2. The van der Waals surface area contributed by atoms with Crippen molar-refractivity contribution in [1.29, 1.82) is 0 Å². The van der Waals surface area contributed by atoms with Crippen LogP contribution in [0.3, 0.4) is 0 Å². The molecule has 0 fully saturated rings. The highest BCUT2D eigenvalue weighted by molar-refractivity contribution is 5.58. The summed E-state index contributed by atoms with van der Waals surface area (Å²) in [6, 6.07) is 5.56. The molecule has 0 aliphatic carbocycles. The van der Waals surface area contributed by atoms with Gasteiger partial charge in [0.05, 0.1) is 5.69 Å². The number of benzene rings is 1. The summed E-state index contributed by atoms with van der Waals surface area (Å²) < 4.78 is 50.0. The van der Waals surface area contributed by atoms with Crippen LogP contribution < -0.4 is 5.56 Å². The van der Waals surface area contributed by atoms with E-state index in [2.05, 4.69) is 4.98 Å². The molecule has 94 valence electrons. The van der Waals surface area contributed by atoms with E-state index >= 15 is 0 Å². The van der Waals surface area contributed by atoms with Crippen molar-refractivity contribution in [2.45, 2.75) is 6.18 Å². The molecule has 0 aliphatic heterocycles. The van der Waals surface area contributed by atoms with Gasteiger partial charge in [-0.25, -0.2) is 9.37 Å². The molecule has 0 radical (unpaired) electrons. The fourth-order valence-corrected chi connectivity index (χ4v) is 1.36. The zero-order chi connectivity index (χ0) is 13.3. The zero-order valence-electron chi connectivity index (χ0n) is 8.75. The fourth-order valence-electron chi connectivity index (χ4n) is 1.36. The summed E-state index contributed by atoms with van der Waals surface area (Å²) in [6.07, 6.45) is -4.74. The van der Waals surface area contributed by atoms with Gasteiger partial charge >= 0.3 is 6.18 Å². The molecule has 2 rings (SSSR count). The molecule has 0 unspecified atom stereocenters. The van der Waals surface area contributed by atoms with Crippen molar-refractivity contribution < 1.29 is 17.6 Å². The first-order valence-corrected chi connectivity index (χ1v) is 4.81. The number of hydrogen-bond donors (Lipinski definition) is 1. The number of H-pyrrole nitrogens is 1. The molecule has 7 heteroatoms. The molecule has 0 saturated heterocycles. The molecular formula is C11H6F4N2O. The number of alkyl halides is 3. The molecule has 2 aromatic rings. The molecule has 0 spiro atoms. The third kappa shape index (κ3) is 2.55. The minimum atomic E-state index is -4.74. The van der Waals surface area contributed by atoms with Crippen LogP contribution in [0.2, 0.25) is 0 Å². The van der Waals surface area contributed by atoms with Crippen molar-refractivity contribution in [3.63, 3.8) is 0 Å². The lowest BCUT2D eigenvalue weighted by Crippen LogP contribution is -2.18. The zero-order valence-corrected chi connectivity index (χ0v) is 8.75. The van der Waals surface area contributed by atoms with Crippen LogP contribution >= 0.6 is 0 Å². The number of aromatic nitrogens is 2. The van der Waals surface area contributed by atoms with Crippen LogP contribution in [0.25, 0.3) is 11.3 Å². The fraction of sp³-hybridized carbons (Fsp3) is 0.0909. The van der Waals surface area contributed by atoms with Gasteiger partial charge in [-0.3, -0.25) is 4.79 Å². The number of nitrogens with zero attached hydrogens (tertiary/aromatic N) is 1. The van der Waals surface area contributed by atoms with Gasteiger partial charge in [0, 0.05) is 11.6 Å². The molecule has 0 atom stereocenters. The highest BCUT2D eigenvalue weighted by atomic mass is 19.4. The van der Waals surface area contributed by atoms with Crippen molar-refractivity contribution in [3.05, 3.63) is 52.3 Å². The maximum absolute atomic E-state index is 12.7. The predicted octanol–water partition coefficient (Wildman–Crippen LogP) is 2.59. The Morgan fingerprint density at radius 1 is 1.11 bits per heavy atom. The maximum atomic E-state index is 12.7. The first-order valence-electron chi connectivity index (χ1n) is 4.81. The summed E-state index contributed by atoms with van der Waals surface area (Å²) in [4.78, 5) is 16.0. The Kier molecular flexibility index (Phi) is 2.90. The van der Waals surface area contributed by atoms with Gasteiger partial charge in [-0.15, -0.1) is 0 Å². The number of aromatic amines is 1. The summed E-state index contributed by atoms with van der Waals surface area (Å²) in [6.45, 7) is 0. The molecule has 18 heavy (non-hydrogen) atoms. The van der Waals surface area contributed by atoms with Crippen LogP contribution in [-0.2, 0) is 6.18 Å². The molecular weight excluding hydrogens is 252 g/mol. The van der Waals surface area contributed by atoms with Gasteiger partial charge in [-0.2, -0.15) is 13.2 Å². The van der Waals surface area contributed by atoms with Crippen LogP contribution in [0.5, 0.6) is 0 Å². The van der Waals surface area contributed by atoms with Crippen LogP contribution in [0.15, 0.2) is 35.1 Å². The summed E-state index contributed by atoms with van der Waals surface area (Å²) in [7, 11) is 0. The van der Waals surface area contributed by atoms with Crippen molar-refractivity contribution in [3.8, 4) is 11.3 Å². The van der Waals surface area contributed by atoms with Crippen molar-refractivity contribution in [2.75, 3.05) is 0 Å². The normalized spacial score (nSPS) is 11.6.